The molecule has 0 radical (unpaired) electrons. The molecule has 2 nitrogen and oxygen atoms in total. The van der Waals surface area contributed by atoms with Crippen molar-refractivity contribution in [1.29, 1.82) is 0 Å². The topological polar surface area (TPSA) is 22.1 Å². The fourth-order valence-electron chi connectivity index (χ4n) is 1.01. The summed E-state index contributed by atoms with van der Waals surface area (Å²) >= 11 is 0. The number of nitrogens with zero attached hydrogens (tertiary/aromatic N) is 1. The van der Waals surface area contributed by atoms with Crippen molar-refractivity contribution in [2.45, 2.75) is 13.8 Å². The van der Waals surface area contributed by atoms with Crippen LogP contribution in [0.1, 0.15) is 11.1 Å². The molecule has 1 heterocycles. The molecule has 0 aliphatic heterocycles. The van der Waals surface area contributed by atoms with E-state index in [1.807, 2.05) is 13.8 Å². The van der Waals surface area contributed by atoms with Crippen molar-refractivity contribution >= 4 is 0 Å². The minimum absolute atomic E-state index is 0.940. The maximum atomic E-state index is 5.14. The standard InChI is InChI=1S/C8H11NO/c1-6-4-9-5-7(2)8(6)10-3/h4-5H,1-3H3. The van der Waals surface area contributed by atoms with Crippen molar-refractivity contribution in [3.63, 3.8) is 0 Å². The number of aryl methyl sites for hydroxylation is 2. The summed E-state index contributed by atoms with van der Waals surface area (Å²) < 4.78 is 5.14. The number of aromatic nitrogens is 1. The van der Waals surface area contributed by atoms with Gasteiger partial charge in [0.15, 0.2) is 0 Å². The third kappa shape index (κ3) is 1.10. The molecule has 0 aromatic carbocycles. The Hall–Kier alpha value is -1.05. The average Bonchev–Trinajstić information content (AvgIpc) is 1.88. The first kappa shape index (κ1) is 7.06. The van der Waals surface area contributed by atoms with Crippen LogP contribution in [0.5, 0.6) is 5.75 Å². The number of hydrogen-bond donors (Lipinski definition) is 0. The van der Waals surface area contributed by atoms with Gasteiger partial charge in [0, 0.05) is 23.5 Å². The van der Waals surface area contributed by atoms with E-state index in [1.54, 1.807) is 19.5 Å². The number of pyridine rings is 1. The number of rotatable bonds is 1. The summed E-state index contributed by atoms with van der Waals surface area (Å²) in [5, 5.41) is 0. The van der Waals surface area contributed by atoms with Gasteiger partial charge in [0.05, 0.1) is 7.11 Å². The highest BCUT2D eigenvalue weighted by Gasteiger charge is 1.99. The maximum Gasteiger partial charge on any atom is 0.127 e. The summed E-state index contributed by atoms with van der Waals surface area (Å²) in [5.41, 5.74) is 2.17. The summed E-state index contributed by atoms with van der Waals surface area (Å²) in [6.45, 7) is 3.97. The van der Waals surface area contributed by atoms with Crippen LogP contribution in [-0.2, 0) is 0 Å². The molecule has 0 aliphatic carbocycles. The summed E-state index contributed by atoms with van der Waals surface area (Å²) in [7, 11) is 1.68. The lowest BCUT2D eigenvalue weighted by atomic mass is 10.2. The van der Waals surface area contributed by atoms with Gasteiger partial charge in [-0.05, 0) is 13.8 Å². The van der Waals surface area contributed by atoms with Crippen LogP contribution >= 0.6 is 0 Å². The van der Waals surface area contributed by atoms with Gasteiger partial charge in [-0.15, -0.1) is 0 Å². The number of hydrogen-bond acceptors (Lipinski definition) is 2. The molecule has 0 amide bonds. The fourth-order valence-corrected chi connectivity index (χ4v) is 1.01. The predicted octanol–water partition coefficient (Wildman–Crippen LogP) is 1.71. The molecule has 0 unspecified atom stereocenters. The Morgan fingerprint density at radius 1 is 1.20 bits per heavy atom. The third-order valence-electron chi connectivity index (χ3n) is 1.46. The normalized spacial score (nSPS) is 9.50. The molecular formula is C8H11NO. The summed E-state index contributed by atoms with van der Waals surface area (Å²) in [4.78, 5) is 4.01. The quantitative estimate of drug-likeness (QED) is 0.587. The van der Waals surface area contributed by atoms with E-state index in [4.69, 9.17) is 4.74 Å². The molecule has 0 bridgehead atoms. The van der Waals surface area contributed by atoms with Gasteiger partial charge < -0.3 is 4.74 Å². The molecule has 54 valence electrons. The molecular weight excluding hydrogens is 126 g/mol. The van der Waals surface area contributed by atoms with E-state index in [1.165, 1.54) is 0 Å². The molecule has 10 heavy (non-hydrogen) atoms. The van der Waals surface area contributed by atoms with E-state index < -0.39 is 0 Å². The van der Waals surface area contributed by atoms with Gasteiger partial charge in [-0.3, -0.25) is 4.98 Å². The Morgan fingerprint density at radius 3 is 2.00 bits per heavy atom. The van der Waals surface area contributed by atoms with E-state index in [-0.39, 0.29) is 0 Å². The van der Waals surface area contributed by atoms with Crippen molar-refractivity contribution in [1.82, 2.24) is 4.98 Å². The second-order valence-electron chi connectivity index (χ2n) is 2.31. The molecule has 0 saturated heterocycles. The molecule has 1 aromatic rings. The van der Waals surface area contributed by atoms with Gasteiger partial charge in [-0.1, -0.05) is 0 Å². The van der Waals surface area contributed by atoms with Gasteiger partial charge in [0.1, 0.15) is 5.75 Å². The lowest BCUT2D eigenvalue weighted by molar-refractivity contribution is 0.408. The second-order valence-corrected chi connectivity index (χ2v) is 2.31. The zero-order chi connectivity index (χ0) is 7.56. The van der Waals surface area contributed by atoms with E-state index in [0.717, 1.165) is 16.9 Å². The van der Waals surface area contributed by atoms with Crippen LogP contribution in [0.25, 0.3) is 0 Å². The fraction of sp³-hybridized carbons (Fsp3) is 0.375. The van der Waals surface area contributed by atoms with Crippen molar-refractivity contribution in [2.75, 3.05) is 7.11 Å². The van der Waals surface area contributed by atoms with Crippen molar-refractivity contribution in [2.24, 2.45) is 0 Å². The highest BCUT2D eigenvalue weighted by Crippen LogP contribution is 2.19. The summed E-state index contributed by atoms with van der Waals surface area (Å²) in [5.74, 6) is 0.940. The first-order chi connectivity index (χ1) is 4.75. The highest BCUT2D eigenvalue weighted by atomic mass is 16.5. The summed E-state index contributed by atoms with van der Waals surface area (Å²) in [6.07, 6.45) is 3.59. The number of ether oxygens (including phenoxy) is 1. The Bertz CT molecular complexity index is 212. The van der Waals surface area contributed by atoms with Crippen LogP contribution in [-0.4, -0.2) is 12.1 Å². The molecule has 1 aromatic heterocycles. The second kappa shape index (κ2) is 2.69. The Balaban J connectivity index is 3.17. The van der Waals surface area contributed by atoms with Crippen LogP contribution < -0.4 is 4.74 Å². The molecule has 0 fully saturated rings. The SMILES string of the molecule is COc1c(C)cncc1C. The van der Waals surface area contributed by atoms with Crippen LogP contribution in [0, 0.1) is 13.8 Å². The van der Waals surface area contributed by atoms with Gasteiger partial charge in [0.2, 0.25) is 0 Å². The molecule has 0 atom stereocenters. The Morgan fingerprint density at radius 2 is 1.70 bits per heavy atom. The molecule has 1 rings (SSSR count). The largest absolute Gasteiger partial charge is 0.496 e. The smallest absolute Gasteiger partial charge is 0.127 e. The van der Waals surface area contributed by atoms with Crippen molar-refractivity contribution in [3.05, 3.63) is 23.5 Å². The van der Waals surface area contributed by atoms with Crippen LogP contribution in [0.15, 0.2) is 12.4 Å². The third-order valence-corrected chi connectivity index (χ3v) is 1.46. The molecule has 0 saturated carbocycles. The molecule has 0 spiro atoms. The van der Waals surface area contributed by atoms with Gasteiger partial charge in [-0.2, -0.15) is 0 Å². The predicted molar refractivity (Wildman–Crippen MR) is 40.3 cm³/mol. The van der Waals surface area contributed by atoms with Crippen molar-refractivity contribution < 1.29 is 4.74 Å². The lowest BCUT2D eigenvalue weighted by Gasteiger charge is -2.05. The maximum absolute atomic E-state index is 5.14. The first-order valence-electron chi connectivity index (χ1n) is 3.21. The molecule has 0 aliphatic rings. The molecule has 0 N–H and O–H groups in total. The van der Waals surface area contributed by atoms with Crippen LogP contribution in [0.2, 0.25) is 0 Å². The number of methoxy groups -OCH3 is 1. The van der Waals surface area contributed by atoms with Gasteiger partial charge in [0.25, 0.3) is 0 Å². The highest BCUT2D eigenvalue weighted by molar-refractivity contribution is 5.36. The van der Waals surface area contributed by atoms with E-state index in [9.17, 15) is 0 Å². The average molecular weight is 137 g/mol. The monoisotopic (exact) mass is 137 g/mol. The lowest BCUT2D eigenvalue weighted by Crippen LogP contribution is -1.91. The summed E-state index contributed by atoms with van der Waals surface area (Å²) in [6, 6.07) is 0. The zero-order valence-electron chi connectivity index (χ0n) is 6.51. The molecule has 2 heteroatoms. The van der Waals surface area contributed by atoms with E-state index >= 15 is 0 Å². The van der Waals surface area contributed by atoms with E-state index in [0.29, 0.717) is 0 Å². The Kier molecular flexibility index (Phi) is 1.90. The van der Waals surface area contributed by atoms with Gasteiger partial charge in [-0.25, -0.2) is 0 Å². The van der Waals surface area contributed by atoms with Crippen LogP contribution in [0.3, 0.4) is 0 Å². The van der Waals surface area contributed by atoms with Crippen LogP contribution in [0.4, 0.5) is 0 Å². The van der Waals surface area contributed by atoms with Crippen molar-refractivity contribution in [3.8, 4) is 5.75 Å². The van der Waals surface area contributed by atoms with E-state index in [2.05, 4.69) is 4.98 Å². The minimum atomic E-state index is 0.940. The minimum Gasteiger partial charge on any atom is -0.496 e. The van der Waals surface area contributed by atoms with Gasteiger partial charge >= 0.3 is 0 Å². The first-order valence-corrected chi connectivity index (χ1v) is 3.21. The zero-order valence-corrected chi connectivity index (χ0v) is 6.51. The Labute approximate surface area is 60.9 Å².